The molecule has 2 aliphatic rings. The van der Waals surface area contributed by atoms with Gasteiger partial charge in [-0.05, 0) is 32.4 Å². The number of aromatic nitrogens is 1. The van der Waals surface area contributed by atoms with Gasteiger partial charge in [0.25, 0.3) is 0 Å². The van der Waals surface area contributed by atoms with Crippen molar-refractivity contribution in [3.05, 3.63) is 17.5 Å². The maximum Gasteiger partial charge on any atom is 0.143 e. The minimum atomic E-state index is 0.232. The minimum absolute atomic E-state index is 0.232. The molecule has 1 aliphatic heterocycles. The number of likely N-dealkylation sites (tertiary alicyclic amines) is 1. The molecule has 2 atom stereocenters. The zero-order valence-electron chi connectivity index (χ0n) is 8.85. The van der Waals surface area contributed by atoms with Gasteiger partial charge in [-0.25, -0.2) is 0 Å². The monoisotopic (exact) mass is 207 g/mol. The van der Waals surface area contributed by atoms with Crippen molar-refractivity contribution in [1.29, 1.82) is 0 Å². The molecule has 1 aliphatic carbocycles. The summed E-state index contributed by atoms with van der Waals surface area (Å²) in [6.45, 7) is 2.39. The molecule has 0 amide bonds. The van der Waals surface area contributed by atoms with Crippen LogP contribution < -0.4 is 5.73 Å². The van der Waals surface area contributed by atoms with E-state index in [1.54, 1.807) is 0 Å². The highest BCUT2D eigenvalue weighted by molar-refractivity contribution is 5.23. The summed E-state index contributed by atoms with van der Waals surface area (Å²) in [4.78, 5) is 2.52. The summed E-state index contributed by atoms with van der Waals surface area (Å²) in [5, 5.41) is 3.90. The molecule has 0 aromatic carbocycles. The van der Waals surface area contributed by atoms with E-state index in [9.17, 15) is 0 Å². The lowest BCUT2D eigenvalue weighted by molar-refractivity contribution is 0.204. The molecule has 4 nitrogen and oxygen atoms in total. The average Bonchev–Trinajstić information content (AvgIpc) is 2.86. The van der Waals surface area contributed by atoms with Crippen LogP contribution in [-0.2, 0) is 6.42 Å². The highest BCUT2D eigenvalue weighted by Crippen LogP contribution is 2.35. The Morgan fingerprint density at radius 3 is 3.00 bits per heavy atom. The number of nitrogens with two attached hydrogens (primary N) is 1. The molecule has 1 aromatic heterocycles. The highest BCUT2D eigenvalue weighted by Gasteiger charge is 2.33. The Morgan fingerprint density at radius 1 is 1.40 bits per heavy atom. The van der Waals surface area contributed by atoms with Crippen molar-refractivity contribution in [2.45, 2.75) is 37.8 Å². The summed E-state index contributed by atoms with van der Waals surface area (Å²) in [7, 11) is 0. The molecule has 0 spiro atoms. The van der Waals surface area contributed by atoms with E-state index in [0.29, 0.717) is 6.04 Å². The number of fused-ring (bicyclic) bond motifs is 1. The summed E-state index contributed by atoms with van der Waals surface area (Å²) < 4.78 is 5.26. The molecule has 82 valence electrons. The minimum Gasteiger partial charge on any atom is -0.361 e. The van der Waals surface area contributed by atoms with Crippen molar-refractivity contribution in [1.82, 2.24) is 10.1 Å². The van der Waals surface area contributed by atoms with Crippen molar-refractivity contribution in [2.24, 2.45) is 5.73 Å². The standard InChI is InChI=1S/C11H17N3O/c12-8-5-10(14-3-1-2-4-14)9-7-13-15-11(9)6-8/h7-8,10H,1-6,12H2. The second-order valence-electron chi connectivity index (χ2n) is 4.66. The van der Waals surface area contributed by atoms with E-state index in [0.717, 1.165) is 18.6 Å². The number of hydrogen-bond donors (Lipinski definition) is 1. The first kappa shape index (κ1) is 9.36. The predicted octanol–water partition coefficient (Wildman–Crippen LogP) is 1.08. The lowest BCUT2D eigenvalue weighted by Crippen LogP contribution is -2.37. The van der Waals surface area contributed by atoms with Crippen molar-refractivity contribution in [3.63, 3.8) is 0 Å². The smallest absolute Gasteiger partial charge is 0.143 e. The molecule has 4 heteroatoms. The SMILES string of the molecule is NC1Cc2oncc2C(N2CCCC2)C1. The molecule has 0 bridgehead atoms. The van der Waals surface area contributed by atoms with Gasteiger partial charge < -0.3 is 10.3 Å². The molecule has 2 unspecified atom stereocenters. The Labute approximate surface area is 89.4 Å². The largest absolute Gasteiger partial charge is 0.361 e. The fourth-order valence-corrected chi connectivity index (χ4v) is 2.83. The second-order valence-corrected chi connectivity index (χ2v) is 4.66. The number of rotatable bonds is 1. The zero-order chi connectivity index (χ0) is 10.3. The van der Waals surface area contributed by atoms with E-state index in [-0.39, 0.29) is 6.04 Å². The topological polar surface area (TPSA) is 55.3 Å². The fourth-order valence-electron chi connectivity index (χ4n) is 2.83. The molecule has 2 heterocycles. The summed E-state index contributed by atoms with van der Waals surface area (Å²) in [6, 6.07) is 0.688. The normalized spacial score (nSPS) is 31.8. The van der Waals surface area contributed by atoms with Crippen molar-refractivity contribution in [2.75, 3.05) is 13.1 Å². The summed E-state index contributed by atoms with van der Waals surface area (Å²) in [6.07, 6.45) is 6.40. The van der Waals surface area contributed by atoms with Gasteiger partial charge in [0.15, 0.2) is 0 Å². The third-order valence-electron chi connectivity index (χ3n) is 3.59. The first-order chi connectivity index (χ1) is 7.34. The molecule has 1 fully saturated rings. The van der Waals surface area contributed by atoms with Gasteiger partial charge in [0.1, 0.15) is 5.76 Å². The Morgan fingerprint density at radius 2 is 2.20 bits per heavy atom. The lowest BCUT2D eigenvalue weighted by Gasteiger charge is -2.32. The predicted molar refractivity (Wildman–Crippen MR) is 56.3 cm³/mol. The van der Waals surface area contributed by atoms with Gasteiger partial charge in [0.05, 0.1) is 6.20 Å². The second kappa shape index (κ2) is 3.61. The van der Waals surface area contributed by atoms with Gasteiger partial charge >= 0.3 is 0 Å². The molecule has 3 rings (SSSR count). The van der Waals surface area contributed by atoms with Crippen LogP contribution in [0.4, 0.5) is 0 Å². The van der Waals surface area contributed by atoms with Gasteiger partial charge in [-0.2, -0.15) is 0 Å². The van der Waals surface area contributed by atoms with E-state index in [1.807, 2.05) is 6.20 Å². The highest BCUT2D eigenvalue weighted by atomic mass is 16.5. The van der Waals surface area contributed by atoms with Crippen LogP contribution in [-0.4, -0.2) is 29.2 Å². The van der Waals surface area contributed by atoms with Crippen LogP contribution in [0.3, 0.4) is 0 Å². The van der Waals surface area contributed by atoms with E-state index in [1.165, 1.54) is 31.5 Å². The molecule has 15 heavy (non-hydrogen) atoms. The first-order valence-corrected chi connectivity index (χ1v) is 5.77. The Bertz CT molecular complexity index is 343. The van der Waals surface area contributed by atoms with Crippen molar-refractivity contribution in [3.8, 4) is 0 Å². The Hall–Kier alpha value is -0.870. The van der Waals surface area contributed by atoms with E-state index in [4.69, 9.17) is 10.3 Å². The van der Waals surface area contributed by atoms with E-state index < -0.39 is 0 Å². The third kappa shape index (κ3) is 1.58. The lowest BCUT2D eigenvalue weighted by atomic mass is 9.89. The zero-order valence-corrected chi connectivity index (χ0v) is 8.85. The quantitative estimate of drug-likeness (QED) is 0.748. The Balaban J connectivity index is 1.89. The van der Waals surface area contributed by atoms with Gasteiger partial charge in [-0.3, -0.25) is 4.90 Å². The average molecular weight is 207 g/mol. The van der Waals surface area contributed by atoms with Crippen molar-refractivity contribution < 1.29 is 4.52 Å². The number of hydrogen-bond acceptors (Lipinski definition) is 4. The molecular formula is C11H17N3O. The Kier molecular flexibility index (Phi) is 2.25. The fraction of sp³-hybridized carbons (Fsp3) is 0.727. The summed E-state index contributed by atoms with van der Waals surface area (Å²) >= 11 is 0. The maximum absolute atomic E-state index is 6.05. The van der Waals surface area contributed by atoms with Gasteiger partial charge in [0, 0.05) is 24.1 Å². The molecule has 2 N–H and O–H groups in total. The van der Waals surface area contributed by atoms with Crippen LogP contribution in [0.25, 0.3) is 0 Å². The molecule has 1 saturated heterocycles. The number of nitrogens with zero attached hydrogens (tertiary/aromatic N) is 2. The molecule has 0 radical (unpaired) electrons. The van der Waals surface area contributed by atoms with Crippen LogP contribution in [0.15, 0.2) is 10.7 Å². The maximum atomic E-state index is 6.05. The van der Waals surface area contributed by atoms with Crippen LogP contribution in [0, 0.1) is 0 Å². The van der Waals surface area contributed by atoms with Crippen molar-refractivity contribution >= 4 is 0 Å². The van der Waals surface area contributed by atoms with E-state index in [2.05, 4.69) is 10.1 Å². The summed E-state index contributed by atoms with van der Waals surface area (Å²) in [5.41, 5.74) is 7.33. The van der Waals surface area contributed by atoms with Crippen LogP contribution in [0.5, 0.6) is 0 Å². The van der Waals surface area contributed by atoms with Gasteiger partial charge in [-0.1, -0.05) is 5.16 Å². The van der Waals surface area contributed by atoms with Crippen LogP contribution in [0.1, 0.15) is 36.6 Å². The summed E-state index contributed by atoms with van der Waals surface area (Å²) in [5.74, 6) is 1.01. The van der Waals surface area contributed by atoms with E-state index >= 15 is 0 Å². The third-order valence-corrected chi connectivity index (χ3v) is 3.59. The molecule has 1 aromatic rings. The molecule has 0 saturated carbocycles. The van der Waals surface area contributed by atoms with Crippen LogP contribution >= 0.6 is 0 Å². The van der Waals surface area contributed by atoms with Gasteiger partial charge in [-0.15, -0.1) is 0 Å². The van der Waals surface area contributed by atoms with Crippen LogP contribution in [0.2, 0.25) is 0 Å². The van der Waals surface area contributed by atoms with Gasteiger partial charge in [0.2, 0.25) is 0 Å². The first-order valence-electron chi connectivity index (χ1n) is 5.77. The molecular weight excluding hydrogens is 190 g/mol.